The van der Waals surface area contributed by atoms with Crippen molar-refractivity contribution in [1.29, 1.82) is 0 Å². The van der Waals surface area contributed by atoms with Crippen LogP contribution in [0.5, 0.6) is 0 Å². The predicted octanol–water partition coefficient (Wildman–Crippen LogP) is 2.25. The van der Waals surface area contributed by atoms with Crippen molar-refractivity contribution in [3.05, 3.63) is 35.9 Å². The van der Waals surface area contributed by atoms with Gasteiger partial charge in [0.15, 0.2) is 5.96 Å². The first-order valence-corrected chi connectivity index (χ1v) is 9.21. The van der Waals surface area contributed by atoms with E-state index in [2.05, 4.69) is 34.4 Å². The number of hydrogen-bond acceptors (Lipinski definition) is 3. The summed E-state index contributed by atoms with van der Waals surface area (Å²) in [4.78, 5) is 7.06. The Hall–Kier alpha value is -0.860. The molecule has 2 rings (SSSR count). The molecule has 0 spiro atoms. The highest BCUT2D eigenvalue weighted by Gasteiger charge is 2.22. The number of aliphatic hydroxyl groups excluding tert-OH is 1. The fourth-order valence-electron chi connectivity index (χ4n) is 3.25. The van der Waals surface area contributed by atoms with Crippen LogP contribution < -0.4 is 10.6 Å². The van der Waals surface area contributed by atoms with Crippen molar-refractivity contribution in [2.24, 2.45) is 4.99 Å². The van der Waals surface area contributed by atoms with E-state index in [-0.39, 0.29) is 24.0 Å². The van der Waals surface area contributed by atoms with Crippen LogP contribution >= 0.6 is 24.0 Å². The highest BCUT2D eigenvalue weighted by Crippen LogP contribution is 2.15. The van der Waals surface area contributed by atoms with E-state index in [9.17, 15) is 5.11 Å². The van der Waals surface area contributed by atoms with Crippen LogP contribution in [-0.2, 0) is 6.42 Å². The van der Waals surface area contributed by atoms with E-state index in [1.165, 1.54) is 19.4 Å². The summed E-state index contributed by atoms with van der Waals surface area (Å²) in [5.74, 6) is 0.799. The van der Waals surface area contributed by atoms with E-state index in [1.807, 2.05) is 30.3 Å². The standard InChI is InChI=1S/C19H32N4O.HI/c1-3-20-19(21-14-17-11-8-12-23(17)4-2)22-15-18(24)13-16-9-6-5-7-10-16;/h5-7,9-10,17-18,24H,3-4,8,11-15H2,1-2H3,(H2,20,21,22);1H. The first-order chi connectivity index (χ1) is 11.7. The van der Waals surface area contributed by atoms with Gasteiger partial charge in [-0.25, -0.2) is 0 Å². The van der Waals surface area contributed by atoms with Gasteiger partial charge in [0.2, 0.25) is 0 Å². The number of likely N-dealkylation sites (tertiary alicyclic amines) is 1. The molecule has 1 heterocycles. The second-order valence-corrected chi connectivity index (χ2v) is 6.37. The summed E-state index contributed by atoms with van der Waals surface area (Å²) in [5.41, 5.74) is 1.14. The van der Waals surface area contributed by atoms with E-state index < -0.39 is 6.10 Å². The lowest BCUT2D eigenvalue weighted by Crippen LogP contribution is -2.45. The van der Waals surface area contributed by atoms with E-state index in [4.69, 9.17) is 0 Å². The lowest BCUT2D eigenvalue weighted by atomic mass is 10.1. The topological polar surface area (TPSA) is 59.9 Å². The van der Waals surface area contributed by atoms with Crippen LogP contribution in [-0.4, -0.2) is 60.8 Å². The second kappa shape index (κ2) is 12.5. The van der Waals surface area contributed by atoms with Gasteiger partial charge in [-0.05, 0) is 38.4 Å². The van der Waals surface area contributed by atoms with Crippen LogP contribution in [0.15, 0.2) is 35.3 Å². The Morgan fingerprint density at radius 2 is 2.04 bits per heavy atom. The Morgan fingerprint density at radius 1 is 1.28 bits per heavy atom. The summed E-state index contributed by atoms with van der Waals surface area (Å²) < 4.78 is 0. The van der Waals surface area contributed by atoms with Gasteiger partial charge in [0, 0.05) is 25.6 Å². The van der Waals surface area contributed by atoms with Crippen LogP contribution in [0, 0.1) is 0 Å². The molecule has 1 aromatic rings. The summed E-state index contributed by atoms with van der Waals surface area (Å²) >= 11 is 0. The number of guanidine groups is 1. The summed E-state index contributed by atoms with van der Waals surface area (Å²) in [6.07, 6.45) is 2.71. The molecule has 0 bridgehead atoms. The minimum atomic E-state index is -0.457. The summed E-state index contributed by atoms with van der Waals surface area (Å²) in [5, 5.41) is 16.9. The van der Waals surface area contributed by atoms with Gasteiger partial charge in [-0.15, -0.1) is 24.0 Å². The molecule has 1 aromatic carbocycles. The van der Waals surface area contributed by atoms with Gasteiger partial charge in [-0.2, -0.15) is 0 Å². The van der Waals surface area contributed by atoms with Crippen molar-refractivity contribution >= 4 is 29.9 Å². The van der Waals surface area contributed by atoms with E-state index in [1.54, 1.807) is 0 Å². The Labute approximate surface area is 169 Å². The van der Waals surface area contributed by atoms with Crippen LogP contribution in [0.25, 0.3) is 0 Å². The molecule has 6 heteroatoms. The van der Waals surface area contributed by atoms with Gasteiger partial charge < -0.3 is 15.7 Å². The molecule has 2 atom stereocenters. The van der Waals surface area contributed by atoms with Gasteiger partial charge in [0.05, 0.1) is 12.6 Å². The van der Waals surface area contributed by atoms with Crippen molar-refractivity contribution in [3.8, 4) is 0 Å². The Bertz CT molecular complexity index is 497. The third-order valence-electron chi connectivity index (χ3n) is 4.53. The summed E-state index contributed by atoms with van der Waals surface area (Å²) in [6.45, 7) is 8.73. The summed E-state index contributed by atoms with van der Waals surface area (Å²) in [7, 11) is 0. The van der Waals surface area contributed by atoms with Crippen molar-refractivity contribution in [1.82, 2.24) is 15.5 Å². The second-order valence-electron chi connectivity index (χ2n) is 6.37. The Morgan fingerprint density at radius 3 is 2.72 bits per heavy atom. The Kier molecular flexibility index (Phi) is 11.1. The van der Waals surface area contributed by atoms with Gasteiger partial charge in [0.1, 0.15) is 0 Å². The maximum atomic E-state index is 10.2. The zero-order valence-electron chi connectivity index (χ0n) is 15.4. The number of hydrogen-bond donors (Lipinski definition) is 3. The summed E-state index contributed by atoms with van der Waals surface area (Å²) in [6, 6.07) is 10.7. The van der Waals surface area contributed by atoms with Crippen molar-refractivity contribution in [2.75, 3.05) is 32.7 Å². The molecule has 142 valence electrons. The first-order valence-electron chi connectivity index (χ1n) is 9.21. The van der Waals surface area contributed by atoms with Crippen LogP contribution in [0.3, 0.4) is 0 Å². The molecule has 0 aromatic heterocycles. The van der Waals surface area contributed by atoms with Crippen molar-refractivity contribution < 1.29 is 5.11 Å². The smallest absolute Gasteiger partial charge is 0.191 e. The molecule has 0 amide bonds. The quantitative estimate of drug-likeness (QED) is 0.317. The van der Waals surface area contributed by atoms with E-state index in [0.29, 0.717) is 19.0 Å². The highest BCUT2D eigenvalue weighted by molar-refractivity contribution is 14.0. The molecule has 1 saturated heterocycles. The largest absolute Gasteiger partial charge is 0.391 e. The third kappa shape index (κ3) is 7.92. The van der Waals surface area contributed by atoms with E-state index >= 15 is 0 Å². The molecule has 0 aliphatic carbocycles. The molecule has 1 aliphatic heterocycles. The normalized spacial score (nSPS) is 19.3. The van der Waals surface area contributed by atoms with E-state index in [0.717, 1.165) is 31.2 Å². The zero-order chi connectivity index (χ0) is 17.2. The molecular formula is C19H33IN4O. The van der Waals surface area contributed by atoms with Crippen LogP contribution in [0.4, 0.5) is 0 Å². The number of benzene rings is 1. The van der Waals surface area contributed by atoms with Gasteiger partial charge in [0.25, 0.3) is 0 Å². The van der Waals surface area contributed by atoms with Crippen LogP contribution in [0.1, 0.15) is 32.3 Å². The minimum absolute atomic E-state index is 0. The number of halogens is 1. The minimum Gasteiger partial charge on any atom is -0.391 e. The fourth-order valence-corrected chi connectivity index (χ4v) is 3.25. The monoisotopic (exact) mass is 460 g/mol. The number of likely N-dealkylation sites (N-methyl/N-ethyl adjacent to an activating group) is 1. The van der Waals surface area contributed by atoms with Gasteiger partial charge in [-0.1, -0.05) is 37.3 Å². The van der Waals surface area contributed by atoms with Crippen LogP contribution in [0.2, 0.25) is 0 Å². The SMILES string of the molecule is CCNC(=NCC(O)Cc1ccccc1)NCC1CCCN1CC.I. The highest BCUT2D eigenvalue weighted by atomic mass is 127. The number of aliphatic imine (C=N–C) groups is 1. The van der Waals surface area contributed by atoms with Crippen molar-refractivity contribution in [2.45, 2.75) is 45.3 Å². The molecule has 5 nitrogen and oxygen atoms in total. The molecule has 1 aliphatic rings. The number of nitrogens with zero attached hydrogens (tertiary/aromatic N) is 2. The Balaban J connectivity index is 0.00000312. The maximum Gasteiger partial charge on any atom is 0.191 e. The number of aliphatic hydroxyl groups is 1. The molecule has 0 radical (unpaired) electrons. The van der Waals surface area contributed by atoms with Gasteiger partial charge >= 0.3 is 0 Å². The molecular weight excluding hydrogens is 427 g/mol. The van der Waals surface area contributed by atoms with Gasteiger partial charge in [-0.3, -0.25) is 9.89 Å². The zero-order valence-corrected chi connectivity index (χ0v) is 17.8. The third-order valence-corrected chi connectivity index (χ3v) is 4.53. The average Bonchev–Trinajstić information content (AvgIpc) is 3.06. The molecule has 3 N–H and O–H groups in total. The molecule has 0 saturated carbocycles. The molecule has 25 heavy (non-hydrogen) atoms. The predicted molar refractivity (Wildman–Crippen MR) is 116 cm³/mol. The molecule has 1 fully saturated rings. The fraction of sp³-hybridized carbons (Fsp3) is 0.632. The average molecular weight is 460 g/mol. The number of nitrogens with one attached hydrogen (secondary N) is 2. The lowest BCUT2D eigenvalue weighted by Gasteiger charge is -2.24. The number of rotatable bonds is 8. The lowest BCUT2D eigenvalue weighted by molar-refractivity contribution is 0.183. The maximum absolute atomic E-state index is 10.2. The first kappa shape index (κ1) is 22.2. The molecule has 2 unspecified atom stereocenters. The van der Waals surface area contributed by atoms with Crippen molar-refractivity contribution in [3.63, 3.8) is 0 Å².